The summed E-state index contributed by atoms with van der Waals surface area (Å²) in [6.07, 6.45) is -2.77. The fourth-order valence-electron chi connectivity index (χ4n) is 0.676. The molecule has 1 unspecified atom stereocenters. The molecule has 3 nitrogen and oxygen atoms in total. The van der Waals surface area contributed by atoms with Gasteiger partial charge in [0.25, 0.3) is 0 Å². The molecule has 1 aromatic carbocycles. The summed E-state index contributed by atoms with van der Waals surface area (Å²) in [6.45, 7) is -12.0. The molecular weight excluding hydrogens is 178 g/mol. The second kappa shape index (κ2) is 4.09. The molecule has 0 bridgehead atoms. The Hall–Kier alpha value is -0.900. The number of hydroxylamine groups is 2. The Kier molecular flexibility index (Phi) is 0.709. The van der Waals surface area contributed by atoms with Gasteiger partial charge in [-0.15, -0.1) is 0 Å². The monoisotopic (exact) mass is 209 g/mol. The lowest BCUT2D eigenvalue weighted by atomic mass is 10.1. The molecule has 0 radical (unpaired) electrons. The highest BCUT2D eigenvalue weighted by Gasteiger charge is 2.19. The number of nitrogens with zero attached hydrogens (tertiary/aromatic N) is 1. The fraction of sp³-hybridized carbons (Fsp3) is 0.455. The van der Waals surface area contributed by atoms with Gasteiger partial charge in [-0.3, -0.25) is 0 Å². The van der Waals surface area contributed by atoms with E-state index < -0.39 is 73.2 Å². The van der Waals surface area contributed by atoms with Crippen LogP contribution in [0.25, 0.3) is 0 Å². The van der Waals surface area contributed by atoms with E-state index in [2.05, 4.69) is 5.11 Å². The second-order valence-corrected chi connectivity index (χ2v) is 2.43. The van der Waals surface area contributed by atoms with Crippen molar-refractivity contribution in [2.24, 2.45) is 0 Å². The quantitative estimate of drug-likeness (QED) is 0.613. The van der Waals surface area contributed by atoms with Crippen molar-refractivity contribution in [3.8, 4) is 0 Å². The SMILES string of the molecule is [2H]OC(c1c([2H])c([2H])c([2H])c([2H])c1[2H])N([O-])C(C([2H])([2H])[2H])(C([2H])([2H])[2H])C([2H])([2H])[2H]. The first kappa shape index (κ1) is 2.43. The maximum absolute atomic E-state index is 13.0. The van der Waals surface area contributed by atoms with Gasteiger partial charge in [-0.05, 0) is 26.1 Å². The van der Waals surface area contributed by atoms with Gasteiger partial charge >= 0.3 is 0 Å². The molecule has 0 fully saturated rings. The third kappa shape index (κ3) is 2.54. The van der Waals surface area contributed by atoms with E-state index in [0.29, 0.717) is 0 Å². The zero-order valence-corrected chi connectivity index (χ0v) is 6.84. The molecule has 0 saturated carbocycles. The first-order chi connectivity index (χ1) is 12.8. The molecule has 1 N–H and O–H groups in total. The number of aliphatic hydroxyl groups is 1. The van der Waals surface area contributed by atoms with Crippen molar-refractivity contribution in [3.05, 3.63) is 41.0 Å². The number of hydrogen-bond donors (Lipinski definition) is 1. The Bertz CT molecular complexity index is 702. The highest BCUT2D eigenvalue weighted by atomic mass is 16.5. The van der Waals surface area contributed by atoms with Crippen LogP contribution in [0.1, 0.15) is 51.5 Å². The van der Waals surface area contributed by atoms with Crippen LogP contribution in [0.5, 0.6) is 0 Å². The summed E-state index contributed by atoms with van der Waals surface area (Å²) in [5.74, 6) is 0. The third-order valence-electron chi connectivity index (χ3n) is 1.31. The largest absolute Gasteiger partial charge is 0.783 e. The number of hydrogen-bond acceptors (Lipinski definition) is 3. The highest BCUT2D eigenvalue weighted by molar-refractivity contribution is 5.17. The van der Waals surface area contributed by atoms with Crippen LogP contribution >= 0.6 is 0 Å². The fourth-order valence-corrected chi connectivity index (χ4v) is 0.676. The second-order valence-electron chi connectivity index (χ2n) is 2.43. The van der Waals surface area contributed by atoms with E-state index in [4.69, 9.17) is 20.6 Å². The molecule has 14 heavy (non-hydrogen) atoms. The maximum atomic E-state index is 13.0. The van der Waals surface area contributed by atoms with E-state index in [9.17, 15) is 5.21 Å². The van der Waals surface area contributed by atoms with Gasteiger partial charge in [-0.1, -0.05) is 30.2 Å². The van der Waals surface area contributed by atoms with Crippen LogP contribution in [0, 0.1) is 5.21 Å². The molecule has 1 aromatic rings. The summed E-state index contributed by atoms with van der Waals surface area (Å²) in [4.78, 5) is 0. The van der Waals surface area contributed by atoms with E-state index >= 15 is 0 Å². The van der Waals surface area contributed by atoms with Crippen molar-refractivity contribution in [1.29, 1.82) is 1.43 Å². The van der Waals surface area contributed by atoms with Crippen LogP contribution in [0.4, 0.5) is 0 Å². The topological polar surface area (TPSA) is 46.5 Å². The molecule has 0 aliphatic rings. The van der Waals surface area contributed by atoms with Crippen LogP contribution < -0.4 is 0 Å². The Morgan fingerprint density at radius 3 is 2.64 bits per heavy atom. The zero-order valence-electron chi connectivity index (χ0n) is 21.8. The maximum Gasteiger partial charge on any atom is 0.213 e. The number of rotatable bonds is 3. The molecule has 0 aliphatic carbocycles. The normalized spacial score (nSPS) is 32.6. The van der Waals surface area contributed by atoms with Gasteiger partial charge in [-0.2, -0.15) is 0 Å². The van der Waals surface area contributed by atoms with Crippen molar-refractivity contribution in [2.45, 2.75) is 32.3 Å². The number of aliphatic hydroxyl groups excluding tert-OH is 1. The predicted octanol–water partition coefficient (Wildman–Crippen LogP) is 2.28. The lowest BCUT2D eigenvalue weighted by molar-refractivity contribution is -0.0161. The van der Waals surface area contributed by atoms with Crippen LogP contribution in [-0.2, 0) is 0 Å². The molecular formula is C11H16NO2-. The van der Waals surface area contributed by atoms with Gasteiger partial charge in [0.05, 0.1) is 6.85 Å². The van der Waals surface area contributed by atoms with Crippen molar-refractivity contribution >= 4 is 0 Å². The Morgan fingerprint density at radius 2 is 2.14 bits per heavy atom. The number of benzene rings is 1. The third-order valence-corrected chi connectivity index (χ3v) is 1.31. The van der Waals surface area contributed by atoms with E-state index in [-0.39, 0.29) is 0 Å². The Labute approximate surface area is 106 Å². The summed E-state index contributed by atoms with van der Waals surface area (Å²) in [5.41, 5.74) is -5.22. The minimum absolute atomic E-state index is 0.890. The molecule has 0 heterocycles. The van der Waals surface area contributed by atoms with E-state index in [0.717, 1.165) is 0 Å². The molecule has 1 atom stereocenters. The predicted molar refractivity (Wildman–Crippen MR) is 56.4 cm³/mol. The summed E-state index contributed by atoms with van der Waals surface area (Å²) in [5, 5.41) is 16.0. The van der Waals surface area contributed by atoms with Crippen LogP contribution in [0.15, 0.2) is 30.2 Å². The van der Waals surface area contributed by atoms with Crippen LogP contribution in [0.2, 0.25) is 0 Å². The van der Waals surface area contributed by atoms with Crippen molar-refractivity contribution in [2.75, 3.05) is 0 Å². The molecule has 1 rings (SSSR count). The van der Waals surface area contributed by atoms with Crippen LogP contribution in [-0.4, -0.2) is 17.1 Å². The lowest BCUT2D eigenvalue weighted by Gasteiger charge is -2.44. The molecule has 0 aliphatic heterocycles. The summed E-state index contributed by atoms with van der Waals surface area (Å²) >= 11 is 0. The molecule has 0 spiro atoms. The first-order valence-electron chi connectivity index (χ1n) is 10.8. The smallest absolute Gasteiger partial charge is 0.213 e. The average Bonchev–Trinajstić information content (AvgIpc) is 2.51. The van der Waals surface area contributed by atoms with E-state index in [1.54, 1.807) is 0 Å². The standard InChI is InChI=1S/C11H16NO2/c1-11(2,3)12(14)10(13)9-7-5-4-6-8-9/h4-8,10,13H,1-3H3/q-1/i1D3,2D3,3D3,4D,5D,6D,7D,8D,13D. The van der Waals surface area contributed by atoms with Crippen molar-refractivity contribution in [1.82, 2.24) is 5.06 Å². The molecule has 0 amide bonds. The van der Waals surface area contributed by atoms with Gasteiger partial charge in [0, 0.05) is 17.9 Å². The summed E-state index contributed by atoms with van der Waals surface area (Å²) < 4.78 is 113. The van der Waals surface area contributed by atoms with Gasteiger partial charge in [0.1, 0.15) is 6.23 Å². The van der Waals surface area contributed by atoms with Gasteiger partial charge in [0.2, 0.25) is 1.43 Å². The van der Waals surface area contributed by atoms with Gasteiger partial charge in [-0.25, -0.2) is 0 Å². The van der Waals surface area contributed by atoms with Gasteiger partial charge < -0.3 is 15.4 Å². The lowest BCUT2D eigenvalue weighted by Crippen LogP contribution is -2.39. The molecule has 0 saturated heterocycles. The summed E-state index contributed by atoms with van der Waals surface area (Å²) in [7, 11) is 0. The van der Waals surface area contributed by atoms with Crippen LogP contribution in [0.3, 0.4) is 0 Å². The van der Waals surface area contributed by atoms with Gasteiger partial charge in [0.15, 0.2) is 0 Å². The van der Waals surface area contributed by atoms with Crippen molar-refractivity contribution in [3.63, 3.8) is 0 Å². The average molecular weight is 209 g/mol. The minimum atomic E-state index is -4.14. The van der Waals surface area contributed by atoms with Crippen molar-refractivity contribution < 1.29 is 24.3 Å². The summed E-state index contributed by atoms with van der Waals surface area (Å²) in [6, 6.07) is -5.05. The Balaban J connectivity index is 3.99. The zero-order chi connectivity index (χ0) is 23.3. The van der Waals surface area contributed by atoms with E-state index in [1.165, 1.54) is 0 Å². The first-order valence-corrected chi connectivity index (χ1v) is 3.44. The molecule has 78 valence electrons. The minimum Gasteiger partial charge on any atom is -0.783 e. The highest BCUT2D eigenvalue weighted by Crippen LogP contribution is 2.24. The molecule has 0 aromatic heterocycles. The van der Waals surface area contributed by atoms with E-state index in [1.807, 2.05) is 0 Å². The Morgan fingerprint density at radius 1 is 1.50 bits per heavy atom. The molecule has 3 heteroatoms.